The van der Waals surface area contributed by atoms with Crippen molar-refractivity contribution in [3.8, 4) is 0 Å². The van der Waals surface area contributed by atoms with Crippen molar-refractivity contribution < 1.29 is 23.9 Å². The Bertz CT molecular complexity index is 624. The number of alkyl halides is 1. The first-order valence-electron chi connectivity index (χ1n) is 7.61. The second-order valence-corrected chi connectivity index (χ2v) is 7.72. The molecule has 4 amide bonds. The Labute approximate surface area is 155 Å². The molecule has 0 bridgehead atoms. The Balaban J connectivity index is 3.06. The van der Waals surface area contributed by atoms with Gasteiger partial charge in [-0.2, -0.15) is 5.10 Å². The number of ether oxygens (including phenoxy) is 2. The molecule has 1 N–H and O–H groups in total. The van der Waals surface area contributed by atoms with E-state index in [2.05, 4.69) is 15.7 Å². The van der Waals surface area contributed by atoms with Crippen LogP contribution in [0.1, 0.15) is 41.5 Å². The predicted octanol–water partition coefficient (Wildman–Crippen LogP) is 2.79. The van der Waals surface area contributed by atoms with Gasteiger partial charge in [-0.1, -0.05) is 11.6 Å². The number of nitrogens with zero attached hydrogens (tertiary/aromatic N) is 4. The van der Waals surface area contributed by atoms with Crippen LogP contribution < -0.4 is 5.43 Å². The van der Waals surface area contributed by atoms with Crippen molar-refractivity contribution in [2.45, 2.75) is 58.2 Å². The number of carbonyl (C=O) groups excluding carboxylic acids is 3. The third-order valence-corrected chi connectivity index (χ3v) is 2.85. The average Bonchev–Trinajstić information content (AvgIpc) is 2.44. The van der Waals surface area contributed by atoms with Gasteiger partial charge in [0.25, 0.3) is 0 Å². The van der Waals surface area contributed by atoms with Gasteiger partial charge in [0.05, 0.1) is 6.54 Å². The summed E-state index contributed by atoms with van der Waals surface area (Å²) in [5, 5.41) is 7.39. The number of nitroso groups, excluding NO2 is 1. The van der Waals surface area contributed by atoms with E-state index in [4.69, 9.17) is 21.1 Å². The molecule has 0 aromatic rings. The lowest BCUT2D eigenvalue weighted by Gasteiger charge is -2.33. The number of hydrazine groups is 1. The molecule has 1 heterocycles. The summed E-state index contributed by atoms with van der Waals surface area (Å²) in [5.41, 5.74) is -1.13. The van der Waals surface area contributed by atoms with Crippen molar-refractivity contribution in [3.05, 3.63) is 4.91 Å². The van der Waals surface area contributed by atoms with Gasteiger partial charge >= 0.3 is 18.2 Å². The van der Waals surface area contributed by atoms with Gasteiger partial charge in [0.15, 0.2) is 0 Å². The van der Waals surface area contributed by atoms with Gasteiger partial charge in [0.1, 0.15) is 16.9 Å². The van der Waals surface area contributed by atoms with E-state index in [1.807, 2.05) is 0 Å². The smallest absolute Gasteiger partial charge is 0.439 e. The number of urea groups is 1. The summed E-state index contributed by atoms with van der Waals surface area (Å²) in [7, 11) is 0. The third-order valence-electron chi connectivity index (χ3n) is 2.52. The number of hydrogen-bond acceptors (Lipinski definition) is 8. The maximum atomic E-state index is 12.4. The fourth-order valence-corrected chi connectivity index (χ4v) is 1.77. The summed E-state index contributed by atoms with van der Waals surface area (Å²) in [6.07, 6.45) is -2.05. The number of hydrogen-bond donors (Lipinski definition) is 1. The number of rotatable bonds is 3. The molecule has 0 saturated heterocycles. The van der Waals surface area contributed by atoms with Crippen molar-refractivity contribution in [2.24, 2.45) is 10.3 Å². The van der Waals surface area contributed by atoms with Crippen LogP contribution in [0.5, 0.6) is 0 Å². The largest absolute Gasteiger partial charge is 0.443 e. The minimum atomic E-state index is -1.45. The molecule has 1 aliphatic rings. The van der Waals surface area contributed by atoms with E-state index in [9.17, 15) is 19.3 Å². The Morgan fingerprint density at radius 2 is 1.73 bits per heavy atom. The maximum Gasteiger partial charge on any atom is 0.439 e. The van der Waals surface area contributed by atoms with Crippen LogP contribution in [0.2, 0.25) is 0 Å². The molecule has 0 saturated carbocycles. The minimum absolute atomic E-state index is 0.136. The van der Waals surface area contributed by atoms with Crippen LogP contribution in [-0.4, -0.2) is 57.2 Å². The Morgan fingerprint density at radius 3 is 2.19 bits per heavy atom. The lowest BCUT2D eigenvalue weighted by Crippen LogP contribution is -2.59. The number of amides is 4. The van der Waals surface area contributed by atoms with E-state index in [0.717, 1.165) is 5.01 Å². The van der Waals surface area contributed by atoms with Crippen LogP contribution in [0, 0.1) is 4.91 Å². The zero-order valence-corrected chi connectivity index (χ0v) is 16.2. The van der Waals surface area contributed by atoms with Gasteiger partial charge in [0, 0.05) is 0 Å². The summed E-state index contributed by atoms with van der Waals surface area (Å²) in [4.78, 5) is 47.2. The van der Waals surface area contributed by atoms with Crippen LogP contribution in [0.15, 0.2) is 10.3 Å². The Morgan fingerprint density at radius 1 is 1.19 bits per heavy atom. The van der Waals surface area contributed by atoms with E-state index in [0.29, 0.717) is 5.01 Å². The number of imide groups is 1. The van der Waals surface area contributed by atoms with Crippen LogP contribution in [-0.2, 0) is 9.47 Å². The van der Waals surface area contributed by atoms with Crippen LogP contribution in [0.4, 0.5) is 14.4 Å². The van der Waals surface area contributed by atoms with E-state index < -0.39 is 34.9 Å². The minimum Gasteiger partial charge on any atom is -0.443 e. The third kappa shape index (κ3) is 6.47. The van der Waals surface area contributed by atoms with E-state index >= 15 is 0 Å². The molecule has 1 rings (SSSR count). The zero-order chi connectivity index (χ0) is 20.3. The first-order chi connectivity index (χ1) is 11.7. The molecule has 1 aliphatic heterocycles. The molecule has 0 fully saturated rings. The maximum absolute atomic E-state index is 12.4. The summed E-state index contributed by atoms with van der Waals surface area (Å²) in [6.45, 7) is 9.33. The normalized spacial score (nSPS) is 16.6. The molecule has 0 spiro atoms. The highest BCUT2D eigenvalue weighted by Crippen LogP contribution is 2.17. The first-order valence-corrected chi connectivity index (χ1v) is 8.05. The van der Waals surface area contributed by atoms with Crippen LogP contribution in [0.3, 0.4) is 0 Å². The summed E-state index contributed by atoms with van der Waals surface area (Å²) < 4.78 is 10.1. The number of hydrazone groups is 1. The molecule has 1 unspecified atom stereocenters. The first kappa shape index (κ1) is 21.6. The highest BCUT2D eigenvalue weighted by Gasteiger charge is 2.38. The van der Waals surface area contributed by atoms with E-state index in [-0.39, 0.29) is 12.3 Å². The molecule has 26 heavy (non-hydrogen) atoms. The lowest BCUT2D eigenvalue weighted by atomic mass is 10.2. The predicted molar refractivity (Wildman–Crippen MR) is 92.4 cm³/mol. The van der Waals surface area contributed by atoms with E-state index in [1.54, 1.807) is 41.5 Å². The van der Waals surface area contributed by atoms with Crippen molar-refractivity contribution in [1.29, 1.82) is 0 Å². The van der Waals surface area contributed by atoms with Gasteiger partial charge in [-0.3, -0.25) is 0 Å². The Kier molecular flexibility index (Phi) is 6.53. The molecule has 0 aromatic heterocycles. The van der Waals surface area contributed by atoms with Crippen LogP contribution in [0.25, 0.3) is 0 Å². The van der Waals surface area contributed by atoms with Crippen LogP contribution >= 0.6 is 11.6 Å². The zero-order valence-electron chi connectivity index (χ0n) is 15.4. The Hall–Kier alpha value is -2.43. The molecule has 146 valence electrons. The molecule has 0 radical (unpaired) electrons. The molecule has 11 nitrogen and oxygen atoms in total. The summed E-state index contributed by atoms with van der Waals surface area (Å²) in [6, 6.07) is -1.01. The van der Waals surface area contributed by atoms with Crippen molar-refractivity contribution in [2.75, 3.05) is 6.54 Å². The SMILES string of the molecule is CC(C)(C)OC(=O)NN1CC(C(Cl)N=O)=NN(C(=O)OC(C)(C)C)C1=O. The topological polar surface area (TPSA) is 130 Å². The summed E-state index contributed by atoms with van der Waals surface area (Å²) >= 11 is 5.73. The van der Waals surface area contributed by atoms with E-state index in [1.165, 1.54) is 0 Å². The average molecular weight is 392 g/mol. The summed E-state index contributed by atoms with van der Waals surface area (Å²) in [5.74, 6) is 0. The van der Waals surface area contributed by atoms with Gasteiger partial charge in [0.2, 0.25) is 5.50 Å². The number of carbonyl (C=O) groups is 3. The molecule has 12 heteroatoms. The standard InChI is InChI=1S/C14H22ClN5O6/c1-13(2,3)25-10(21)17-19-7-8(9(15)18-24)16-20(11(19)22)12(23)26-14(4,5)6/h9H,7H2,1-6H3,(H,17,21). The highest BCUT2D eigenvalue weighted by molar-refractivity contribution is 6.32. The van der Waals surface area contributed by atoms with Crippen molar-refractivity contribution >= 4 is 35.5 Å². The van der Waals surface area contributed by atoms with Gasteiger partial charge in [-0.25, -0.2) is 24.8 Å². The van der Waals surface area contributed by atoms with Crippen molar-refractivity contribution in [3.63, 3.8) is 0 Å². The monoisotopic (exact) mass is 391 g/mol. The molecular weight excluding hydrogens is 370 g/mol. The second-order valence-electron chi connectivity index (χ2n) is 7.31. The van der Waals surface area contributed by atoms with Gasteiger partial charge in [-0.05, 0) is 46.7 Å². The highest BCUT2D eigenvalue weighted by atomic mass is 35.5. The quantitative estimate of drug-likeness (QED) is 0.447. The molecule has 0 aromatic carbocycles. The molecular formula is C14H22ClN5O6. The van der Waals surface area contributed by atoms with Gasteiger partial charge < -0.3 is 9.47 Å². The molecule has 0 aliphatic carbocycles. The van der Waals surface area contributed by atoms with Crippen molar-refractivity contribution in [1.82, 2.24) is 15.4 Å². The number of nitrogens with one attached hydrogen (secondary N) is 1. The second kappa shape index (κ2) is 7.85. The fourth-order valence-electron chi connectivity index (χ4n) is 1.65. The number of halogens is 1. The molecule has 1 atom stereocenters. The fraction of sp³-hybridized carbons (Fsp3) is 0.714. The van der Waals surface area contributed by atoms with Gasteiger partial charge in [-0.15, -0.1) is 9.92 Å². The lowest BCUT2D eigenvalue weighted by molar-refractivity contribution is 0.0191.